The number of phenols is 1. The maximum absolute atomic E-state index is 14.2. The zero-order chi connectivity index (χ0) is 24.2. The first-order valence-corrected chi connectivity index (χ1v) is 11.8. The molecule has 0 saturated carbocycles. The molecule has 1 aliphatic heterocycles. The molecule has 0 atom stereocenters. The van der Waals surface area contributed by atoms with E-state index in [2.05, 4.69) is 41.4 Å². The van der Waals surface area contributed by atoms with Gasteiger partial charge in [-0.1, -0.05) is 35.3 Å². The van der Waals surface area contributed by atoms with Crippen molar-refractivity contribution in [2.45, 2.75) is 13.5 Å². The Bertz CT molecular complexity index is 1220. The zero-order valence-electron chi connectivity index (χ0n) is 18.0. The Morgan fingerprint density at radius 3 is 2.76 bits per heavy atom. The minimum atomic E-state index is -0.536. The highest BCUT2D eigenvalue weighted by Crippen LogP contribution is 2.43. The van der Waals surface area contributed by atoms with Gasteiger partial charge in [-0.15, -0.1) is 5.11 Å². The number of halogens is 4. The Hall–Kier alpha value is -2.53. The summed E-state index contributed by atoms with van der Waals surface area (Å²) >= 11 is 16.2. The van der Waals surface area contributed by atoms with Crippen LogP contribution in [-0.2, 0) is 11.3 Å². The summed E-state index contributed by atoms with van der Waals surface area (Å²) in [4.78, 5) is 9.81. The van der Waals surface area contributed by atoms with Crippen molar-refractivity contribution >= 4 is 62.3 Å². The Labute approximate surface area is 213 Å². The fourth-order valence-electron chi connectivity index (χ4n) is 3.38. The number of aromatic hydroxyl groups is 1. The van der Waals surface area contributed by atoms with Gasteiger partial charge in [0.25, 0.3) is 5.95 Å². The van der Waals surface area contributed by atoms with Crippen LogP contribution < -0.4 is 10.2 Å². The number of ether oxygens (including phenoxy) is 1. The van der Waals surface area contributed by atoms with Crippen LogP contribution in [0.1, 0.15) is 11.1 Å². The van der Waals surface area contributed by atoms with Gasteiger partial charge in [-0.3, -0.25) is 0 Å². The first kappa shape index (κ1) is 24.6. The molecule has 34 heavy (non-hydrogen) atoms. The van der Waals surface area contributed by atoms with Crippen molar-refractivity contribution in [3.05, 3.63) is 61.9 Å². The summed E-state index contributed by atoms with van der Waals surface area (Å²) in [6.07, 6.45) is 1.06. The standard InChI is InChI=1S/C22H20BrCl2FN6O2/c1-12-3-2-4-15(24)18(12)29-19-14(23)9-13(20(33)17(19)25)10-28-31-22-27-11-16(26)21(30-22)32-5-7-34-8-6-32/h2-4,9,11,29,33H,5-8,10H2,1H3. The van der Waals surface area contributed by atoms with Gasteiger partial charge >= 0.3 is 0 Å². The maximum Gasteiger partial charge on any atom is 0.270 e. The average molecular weight is 570 g/mol. The van der Waals surface area contributed by atoms with Gasteiger partial charge < -0.3 is 20.1 Å². The molecule has 0 bridgehead atoms. The molecule has 2 aromatic carbocycles. The average Bonchev–Trinajstić information content (AvgIpc) is 2.83. The number of para-hydroxylation sites is 1. The molecule has 8 nitrogen and oxygen atoms in total. The van der Waals surface area contributed by atoms with Crippen molar-refractivity contribution in [3.8, 4) is 5.75 Å². The van der Waals surface area contributed by atoms with Crippen LogP contribution in [0.25, 0.3) is 0 Å². The van der Waals surface area contributed by atoms with Crippen molar-refractivity contribution in [2.75, 3.05) is 36.5 Å². The van der Waals surface area contributed by atoms with E-state index in [1.165, 1.54) is 0 Å². The second-order valence-corrected chi connectivity index (χ2v) is 9.09. The third-order valence-electron chi connectivity index (χ3n) is 5.17. The van der Waals surface area contributed by atoms with E-state index >= 15 is 0 Å². The highest BCUT2D eigenvalue weighted by Gasteiger charge is 2.19. The lowest BCUT2D eigenvalue weighted by atomic mass is 10.1. The van der Waals surface area contributed by atoms with Crippen molar-refractivity contribution in [3.63, 3.8) is 0 Å². The van der Waals surface area contributed by atoms with Gasteiger partial charge in [0.1, 0.15) is 10.8 Å². The predicted octanol–water partition coefficient (Wildman–Crippen LogP) is 6.56. The molecule has 0 aliphatic carbocycles. The summed E-state index contributed by atoms with van der Waals surface area (Å²) in [6.45, 7) is 3.96. The molecule has 0 radical (unpaired) electrons. The lowest BCUT2D eigenvalue weighted by Crippen LogP contribution is -2.37. The van der Waals surface area contributed by atoms with Crippen LogP contribution in [0.15, 0.2) is 45.2 Å². The molecule has 1 aliphatic rings. The van der Waals surface area contributed by atoms with Crippen LogP contribution in [0.2, 0.25) is 10.0 Å². The van der Waals surface area contributed by atoms with Gasteiger partial charge in [-0.2, -0.15) is 10.1 Å². The minimum absolute atomic E-state index is 0.00315. The van der Waals surface area contributed by atoms with E-state index in [1.54, 1.807) is 17.0 Å². The number of hydrogen-bond donors (Lipinski definition) is 2. The molecule has 4 rings (SSSR count). The van der Waals surface area contributed by atoms with Crippen molar-refractivity contribution < 1.29 is 14.2 Å². The Morgan fingerprint density at radius 2 is 2.03 bits per heavy atom. The molecule has 0 spiro atoms. The SMILES string of the molecule is Cc1cccc(Cl)c1Nc1c(Br)cc(CN=Nc2ncc(F)c(N3CCOCC3)n2)c(O)c1Cl. The quantitative estimate of drug-likeness (QED) is 0.326. The summed E-state index contributed by atoms with van der Waals surface area (Å²) in [5.41, 5.74) is 2.50. The van der Waals surface area contributed by atoms with E-state index in [9.17, 15) is 9.50 Å². The molecule has 1 fully saturated rings. The summed E-state index contributed by atoms with van der Waals surface area (Å²) in [6, 6.07) is 7.20. The van der Waals surface area contributed by atoms with Crippen LogP contribution in [0.4, 0.5) is 27.5 Å². The predicted molar refractivity (Wildman–Crippen MR) is 134 cm³/mol. The van der Waals surface area contributed by atoms with Gasteiger partial charge in [-0.05, 0) is 40.5 Å². The maximum atomic E-state index is 14.2. The van der Waals surface area contributed by atoms with Crippen LogP contribution in [-0.4, -0.2) is 41.4 Å². The Morgan fingerprint density at radius 1 is 1.26 bits per heavy atom. The van der Waals surface area contributed by atoms with E-state index < -0.39 is 5.82 Å². The number of phenolic OH excluding ortho intramolecular Hbond substituents is 1. The number of hydrogen-bond acceptors (Lipinski definition) is 8. The molecule has 0 unspecified atom stereocenters. The van der Waals surface area contributed by atoms with Gasteiger partial charge in [0.15, 0.2) is 11.6 Å². The molecular formula is C22H20BrCl2FN6O2. The minimum Gasteiger partial charge on any atom is -0.506 e. The number of rotatable bonds is 6. The first-order valence-electron chi connectivity index (χ1n) is 10.3. The molecule has 3 aromatic rings. The lowest BCUT2D eigenvalue weighted by molar-refractivity contribution is 0.122. The zero-order valence-corrected chi connectivity index (χ0v) is 21.1. The van der Waals surface area contributed by atoms with Crippen LogP contribution in [0.5, 0.6) is 5.75 Å². The summed E-state index contributed by atoms with van der Waals surface area (Å²) in [5.74, 6) is -0.512. The third kappa shape index (κ3) is 5.41. The van der Waals surface area contributed by atoms with Crippen LogP contribution in [0, 0.1) is 12.7 Å². The summed E-state index contributed by atoms with van der Waals surface area (Å²) < 4.78 is 20.1. The van der Waals surface area contributed by atoms with Crippen LogP contribution in [0.3, 0.4) is 0 Å². The number of benzene rings is 2. The number of morpholine rings is 1. The molecule has 2 N–H and O–H groups in total. The number of aromatic nitrogens is 2. The Kier molecular flexibility index (Phi) is 7.82. The van der Waals surface area contributed by atoms with Gasteiger partial charge in [0.05, 0.1) is 42.4 Å². The number of anilines is 3. The molecule has 178 valence electrons. The highest BCUT2D eigenvalue weighted by atomic mass is 79.9. The largest absolute Gasteiger partial charge is 0.506 e. The Balaban J connectivity index is 1.53. The molecule has 2 heterocycles. The van der Waals surface area contributed by atoms with Crippen molar-refractivity contribution in [1.82, 2.24) is 9.97 Å². The van der Waals surface area contributed by atoms with Gasteiger partial charge in [-0.25, -0.2) is 9.37 Å². The molecule has 1 saturated heterocycles. The van der Waals surface area contributed by atoms with E-state index in [4.69, 9.17) is 27.9 Å². The number of azo groups is 1. The topological polar surface area (TPSA) is 95.2 Å². The fraction of sp³-hybridized carbons (Fsp3) is 0.273. The van der Waals surface area contributed by atoms with Crippen molar-refractivity contribution in [2.24, 2.45) is 10.2 Å². The summed E-state index contributed by atoms with van der Waals surface area (Å²) in [7, 11) is 0. The number of aryl methyl sites for hydroxylation is 1. The lowest BCUT2D eigenvalue weighted by Gasteiger charge is -2.27. The third-order valence-corrected chi connectivity index (χ3v) is 6.48. The fourth-order valence-corrected chi connectivity index (χ4v) is 4.60. The second kappa shape index (κ2) is 10.8. The summed E-state index contributed by atoms with van der Waals surface area (Å²) in [5, 5.41) is 22.5. The number of nitrogens with zero attached hydrogens (tertiary/aromatic N) is 5. The van der Waals surface area contributed by atoms with Gasteiger partial charge in [0.2, 0.25) is 0 Å². The van der Waals surface area contributed by atoms with E-state index in [0.29, 0.717) is 52.7 Å². The van der Waals surface area contributed by atoms with Crippen molar-refractivity contribution in [1.29, 1.82) is 0 Å². The second-order valence-electron chi connectivity index (χ2n) is 7.45. The van der Waals surface area contributed by atoms with Gasteiger partial charge in [0, 0.05) is 23.1 Å². The van der Waals surface area contributed by atoms with Crippen LogP contribution >= 0.6 is 39.1 Å². The number of nitrogens with one attached hydrogen (secondary N) is 1. The van der Waals surface area contributed by atoms with E-state index in [1.807, 2.05) is 19.1 Å². The highest BCUT2D eigenvalue weighted by molar-refractivity contribution is 9.10. The smallest absolute Gasteiger partial charge is 0.270 e. The van der Waals surface area contributed by atoms with E-state index in [0.717, 1.165) is 11.8 Å². The monoisotopic (exact) mass is 568 g/mol. The molecular weight excluding hydrogens is 550 g/mol. The molecule has 12 heteroatoms. The molecule has 1 aromatic heterocycles. The molecule has 0 amide bonds. The van der Waals surface area contributed by atoms with E-state index in [-0.39, 0.29) is 29.1 Å². The normalized spacial score (nSPS) is 14.1. The first-order chi connectivity index (χ1) is 16.3.